The molecule has 4 N–H and O–H groups in total. The van der Waals surface area contributed by atoms with E-state index in [1.807, 2.05) is 18.2 Å². The molecule has 0 aromatic heterocycles. The second kappa shape index (κ2) is 14.9. The first-order chi connectivity index (χ1) is 14.7. The maximum absolute atomic E-state index is 10.2. The van der Waals surface area contributed by atoms with Gasteiger partial charge in [-0.05, 0) is 42.6 Å². The van der Waals surface area contributed by atoms with E-state index in [1.54, 1.807) is 12.1 Å². The molecule has 0 fully saturated rings. The molecule has 1 atom stereocenters. The van der Waals surface area contributed by atoms with Crippen molar-refractivity contribution >= 4 is 0 Å². The van der Waals surface area contributed by atoms with E-state index in [4.69, 9.17) is 9.47 Å². The van der Waals surface area contributed by atoms with Crippen LogP contribution in [0.15, 0.2) is 48.5 Å². The van der Waals surface area contributed by atoms with Gasteiger partial charge in [0.2, 0.25) is 0 Å². The van der Waals surface area contributed by atoms with E-state index >= 15 is 0 Å². The van der Waals surface area contributed by atoms with Gasteiger partial charge in [-0.1, -0.05) is 49.2 Å². The molecule has 0 aliphatic carbocycles. The van der Waals surface area contributed by atoms with Gasteiger partial charge in [0.25, 0.3) is 0 Å². The zero-order valence-corrected chi connectivity index (χ0v) is 17.6. The second-order valence-corrected chi connectivity index (χ2v) is 7.33. The minimum absolute atomic E-state index is 0.0464. The van der Waals surface area contributed by atoms with E-state index in [9.17, 15) is 15.3 Å². The van der Waals surface area contributed by atoms with Gasteiger partial charge in [-0.2, -0.15) is 0 Å². The van der Waals surface area contributed by atoms with Gasteiger partial charge >= 0.3 is 0 Å². The number of hydrogen-bond donors (Lipinski definition) is 4. The van der Waals surface area contributed by atoms with E-state index in [1.165, 1.54) is 11.6 Å². The van der Waals surface area contributed by atoms with Crippen LogP contribution in [0, 0.1) is 0 Å². The third-order valence-electron chi connectivity index (χ3n) is 4.87. The molecule has 0 unspecified atom stereocenters. The van der Waals surface area contributed by atoms with E-state index in [0.717, 1.165) is 38.8 Å². The molecule has 6 heteroatoms. The highest BCUT2D eigenvalue weighted by Gasteiger charge is 2.09. The highest BCUT2D eigenvalue weighted by atomic mass is 16.5. The van der Waals surface area contributed by atoms with Crippen LogP contribution in [-0.2, 0) is 22.7 Å². The summed E-state index contributed by atoms with van der Waals surface area (Å²) in [6, 6.07) is 14.9. The van der Waals surface area contributed by atoms with Gasteiger partial charge in [-0.3, -0.25) is 0 Å². The SMILES string of the molecule is OCc1cc([C@@H](O)CNCCCCCCOCCOCc2ccccc2)ccc1O. The molecule has 0 saturated carbocycles. The lowest BCUT2D eigenvalue weighted by Crippen LogP contribution is -2.22. The van der Waals surface area contributed by atoms with Crippen LogP contribution >= 0.6 is 0 Å². The Hall–Kier alpha value is -1.96. The van der Waals surface area contributed by atoms with Crippen molar-refractivity contribution in [1.29, 1.82) is 0 Å². The molecule has 6 nitrogen and oxygen atoms in total. The molecule has 0 bridgehead atoms. The predicted molar refractivity (Wildman–Crippen MR) is 117 cm³/mol. The van der Waals surface area contributed by atoms with Crippen molar-refractivity contribution in [3.63, 3.8) is 0 Å². The third kappa shape index (κ3) is 9.69. The standard InChI is InChI=1S/C24H35NO5/c26-18-22-16-21(10-11-23(22)27)24(28)17-25-12-6-1-2-7-13-29-14-15-30-19-20-8-4-3-5-9-20/h3-5,8-11,16,24-28H,1-2,6-7,12-15,17-19H2/t24-/m0/s1. The fourth-order valence-electron chi connectivity index (χ4n) is 3.09. The summed E-state index contributed by atoms with van der Waals surface area (Å²) in [6.07, 6.45) is 3.66. The number of nitrogens with one attached hydrogen (secondary N) is 1. The van der Waals surface area contributed by atoms with E-state index in [2.05, 4.69) is 17.4 Å². The first-order valence-corrected chi connectivity index (χ1v) is 10.7. The Morgan fingerprint density at radius 2 is 1.63 bits per heavy atom. The zero-order valence-electron chi connectivity index (χ0n) is 17.6. The summed E-state index contributed by atoms with van der Waals surface area (Å²) in [4.78, 5) is 0. The van der Waals surface area contributed by atoms with Crippen molar-refractivity contribution in [2.75, 3.05) is 32.9 Å². The molecule has 0 aliphatic heterocycles. The molecule has 2 rings (SSSR count). The number of rotatable bonds is 16. The van der Waals surface area contributed by atoms with Gasteiger partial charge in [0, 0.05) is 18.7 Å². The third-order valence-corrected chi connectivity index (χ3v) is 4.87. The van der Waals surface area contributed by atoms with E-state index in [0.29, 0.717) is 37.5 Å². The minimum Gasteiger partial charge on any atom is -0.508 e. The molecule has 166 valence electrons. The van der Waals surface area contributed by atoms with Gasteiger partial charge < -0.3 is 30.1 Å². The van der Waals surface area contributed by atoms with Gasteiger partial charge in [0.1, 0.15) is 5.75 Å². The van der Waals surface area contributed by atoms with Gasteiger partial charge in [0.05, 0.1) is 32.5 Å². The molecule has 0 spiro atoms. The molecule has 0 amide bonds. The van der Waals surface area contributed by atoms with Crippen molar-refractivity contribution in [3.05, 3.63) is 65.2 Å². The number of aromatic hydroxyl groups is 1. The van der Waals surface area contributed by atoms with Crippen LogP contribution < -0.4 is 5.32 Å². The minimum atomic E-state index is -0.659. The van der Waals surface area contributed by atoms with Gasteiger partial charge in [-0.25, -0.2) is 0 Å². The monoisotopic (exact) mass is 417 g/mol. The Bertz CT molecular complexity index is 695. The number of phenols is 1. The largest absolute Gasteiger partial charge is 0.508 e. The summed E-state index contributed by atoms with van der Waals surface area (Å²) in [6.45, 7) is 3.67. The Morgan fingerprint density at radius 3 is 2.43 bits per heavy atom. The summed E-state index contributed by atoms with van der Waals surface area (Å²) in [7, 11) is 0. The molecule has 0 heterocycles. The first-order valence-electron chi connectivity index (χ1n) is 10.7. The highest BCUT2D eigenvalue weighted by Crippen LogP contribution is 2.22. The quantitative estimate of drug-likeness (QED) is 0.313. The maximum atomic E-state index is 10.2. The van der Waals surface area contributed by atoms with Crippen LogP contribution in [0.4, 0.5) is 0 Å². The zero-order chi connectivity index (χ0) is 21.4. The topological polar surface area (TPSA) is 91.2 Å². The molecule has 0 radical (unpaired) electrons. The molecule has 0 aliphatic rings. The van der Waals surface area contributed by atoms with Crippen molar-refractivity contribution in [1.82, 2.24) is 5.32 Å². The highest BCUT2D eigenvalue weighted by molar-refractivity contribution is 5.36. The number of aliphatic hydroxyl groups excluding tert-OH is 2. The number of benzene rings is 2. The summed E-state index contributed by atoms with van der Waals surface area (Å²) in [5, 5.41) is 32.2. The van der Waals surface area contributed by atoms with Crippen LogP contribution in [0.2, 0.25) is 0 Å². The van der Waals surface area contributed by atoms with Gasteiger partial charge in [-0.15, -0.1) is 0 Å². The molecular weight excluding hydrogens is 382 g/mol. The van der Waals surface area contributed by atoms with Crippen LogP contribution in [0.5, 0.6) is 5.75 Å². The smallest absolute Gasteiger partial charge is 0.121 e. The van der Waals surface area contributed by atoms with E-state index in [-0.39, 0.29) is 12.4 Å². The first kappa shape index (κ1) is 24.3. The van der Waals surface area contributed by atoms with Crippen LogP contribution in [-0.4, -0.2) is 48.2 Å². The Balaban J connectivity index is 1.39. The average molecular weight is 418 g/mol. The molecule has 2 aromatic carbocycles. The fourth-order valence-corrected chi connectivity index (χ4v) is 3.09. The lowest BCUT2D eigenvalue weighted by Gasteiger charge is -2.14. The Labute approximate surface area is 179 Å². The molecule has 30 heavy (non-hydrogen) atoms. The number of hydrogen-bond acceptors (Lipinski definition) is 6. The average Bonchev–Trinajstić information content (AvgIpc) is 2.77. The lowest BCUT2D eigenvalue weighted by atomic mass is 10.1. The van der Waals surface area contributed by atoms with Crippen molar-refractivity contribution in [3.8, 4) is 5.75 Å². The summed E-state index contributed by atoms with van der Waals surface area (Å²) in [5.74, 6) is 0.0464. The Morgan fingerprint density at radius 1 is 0.867 bits per heavy atom. The Kier molecular flexibility index (Phi) is 12.1. The normalized spacial score (nSPS) is 12.2. The number of ether oxygens (including phenoxy) is 2. The number of aliphatic hydroxyl groups is 2. The summed E-state index contributed by atoms with van der Waals surface area (Å²) >= 11 is 0. The summed E-state index contributed by atoms with van der Waals surface area (Å²) < 4.78 is 11.2. The summed E-state index contributed by atoms with van der Waals surface area (Å²) in [5.41, 5.74) is 2.29. The fraction of sp³-hybridized carbons (Fsp3) is 0.500. The van der Waals surface area contributed by atoms with Gasteiger partial charge in [0.15, 0.2) is 0 Å². The predicted octanol–water partition coefficient (Wildman–Crippen LogP) is 3.30. The van der Waals surface area contributed by atoms with Crippen molar-refractivity contribution in [2.45, 2.75) is 45.0 Å². The van der Waals surface area contributed by atoms with Crippen molar-refractivity contribution < 1.29 is 24.8 Å². The van der Waals surface area contributed by atoms with Crippen LogP contribution in [0.1, 0.15) is 48.5 Å². The second-order valence-electron chi connectivity index (χ2n) is 7.33. The molecule has 0 saturated heterocycles. The van der Waals surface area contributed by atoms with E-state index < -0.39 is 6.10 Å². The number of unbranched alkanes of at least 4 members (excludes halogenated alkanes) is 3. The molecule has 2 aromatic rings. The van der Waals surface area contributed by atoms with Crippen LogP contribution in [0.25, 0.3) is 0 Å². The lowest BCUT2D eigenvalue weighted by molar-refractivity contribution is 0.0393. The van der Waals surface area contributed by atoms with Crippen LogP contribution in [0.3, 0.4) is 0 Å². The maximum Gasteiger partial charge on any atom is 0.121 e. The molecular formula is C24H35NO5. The van der Waals surface area contributed by atoms with Crippen molar-refractivity contribution in [2.24, 2.45) is 0 Å².